The molecule has 0 fully saturated rings. The molecule has 3 heterocycles. The van der Waals surface area contributed by atoms with Crippen molar-refractivity contribution in [2.75, 3.05) is 0 Å². The number of fused-ring (bicyclic) bond motifs is 2. The molecule has 4 nitrogen and oxygen atoms in total. The molecule has 0 aliphatic rings. The lowest BCUT2D eigenvalue weighted by Crippen LogP contribution is -1.88. The highest BCUT2D eigenvalue weighted by atomic mass is 32.2. The van der Waals surface area contributed by atoms with Gasteiger partial charge in [0.25, 0.3) is 0 Å². The lowest BCUT2D eigenvalue weighted by atomic mass is 10.2. The van der Waals surface area contributed by atoms with Gasteiger partial charge in [-0.3, -0.25) is 0 Å². The fraction of sp³-hybridized carbons (Fsp3) is 0.0800. The van der Waals surface area contributed by atoms with Crippen molar-refractivity contribution in [3.05, 3.63) is 90.3 Å². The molecule has 0 bridgehead atoms. The second-order valence-corrected chi connectivity index (χ2v) is 11.7. The van der Waals surface area contributed by atoms with E-state index >= 15 is 0 Å². The molecule has 3 aromatic heterocycles. The van der Waals surface area contributed by atoms with E-state index in [4.69, 9.17) is 19.4 Å². The first-order chi connectivity index (χ1) is 16.3. The fourth-order valence-electron chi connectivity index (χ4n) is 3.40. The van der Waals surface area contributed by atoms with Gasteiger partial charge in [-0.15, -0.1) is 22.7 Å². The number of benzene rings is 3. The molecule has 162 valence electrons. The van der Waals surface area contributed by atoms with Crippen LogP contribution in [0.1, 0.15) is 11.5 Å². The van der Waals surface area contributed by atoms with E-state index in [2.05, 4.69) is 36.4 Å². The lowest BCUT2D eigenvalue weighted by molar-refractivity contribution is 0.536. The van der Waals surface area contributed by atoms with Gasteiger partial charge in [0.1, 0.15) is 5.76 Å². The number of rotatable bonds is 7. The highest BCUT2D eigenvalue weighted by molar-refractivity contribution is 8.00. The number of para-hydroxylation sites is 2. The maximum absolute atomic E-state index is 6.26. The second kappa shape index (κ2) is 9.30. The minimum absolute atomic E-state index is 0.662. The Labute approximate surface area is 207 Å². The van der Waals surface area contributed by atoms with E-state index in [0.717, 1.165) is 36.7 Å². The predicted molar refractivity (Wildman–Crippen MR) is 140 cm³/mol. The van der Waals surface area contributed by atoms with Crippen molar-refractivity contribution in [1.82, 2.24) is 15.0 Å². The molecule has 0 aliphatic carbocycles. The van der Waals surface area contributed by atoms with Crippen LogP contribution in [0.5, 0.6) is 0 Å². The highest BCUT2D eigenvalue weighted by Gasteiger charge is 2.17. The maximum atomic E-state index is 6.26. The van der Waals surface area contributed by atoms with E-state index in [1.807, 2.05) is 42.5 Å². The number of oxazole rings is 1. The molecule has 3 aromatic carbocycles. The zero-order valence-corrected chi connectivity index (χ0v) is 20.6. The molecule has 0 aliphatic heterocycles. The lowest BCUT2D eigenvalue weighted by Gasteiger charge is -1.98. The summed E-state index contributed by atoms with van der Waals surface area (Å²) >= 11 is 6.84. The molecule has 0 amide bonds. The Bertz CT molecular complexity index is 1380. The Morgan fingerprint density at radius 3 is 1.85 bits per heavy atom. The Hall–Kier alpha value is -2.65. The van der Waals surface area contributed by atoms with Crippen LogP contribution in [-0.2, 0) is 11.5 Å². The van der Waals surface area contributed by atoms with Crippen molar-refractivity contribution < 1.29 is 4.42 Å². The van der Waals surface area contributed by atoms with Gasteiger partial charge in [-0.05, 0) is 36.4 Å². The molecule has 0 N–H and O–H groups in total. The summed E-state index contributed by atoms with van der Waals surface area (Å²) in [6, 6.07) is 26.5. The van der Waals surface area contributed by atoms with Gasteiger partial charge < -0.3 is 4.42 Å². The molecular weight excluding hydrogens is 487 g/mol. The van der Waals surface area contributed by atoms with Gasteiger partial charge in [0, 0.05) is 11.3 Å². The Kier molecular flexibility index (Phi) is 5.90. The van der Waals surface area contributed by atoms with Crippen molar-refractivity contribution in [1.29, 1.82) is 0 Å². The summed E-state index contributed by atoms with van der Waals surface area (Å²) in [5, 5.41) is 0. The molecule has 0 atom stereocenters. The van der Waals surface area contributed by atoms with Gasteiger partial charge in [-0.1, -0.05) is 66.0 Å². The number of thiazole rings is 2. The van der Waals surface area contributed by atoms with Gasteiger partial charge in [0.2, 0.25) is 5.89 Å². The van der Waals surface area contributed by atoms with Crippen LogP contribution in [-0.4, -0.2) is 15.0 Å². The smallest absolute Gasteiger partial charge is 0.226 e. The quantitative estimate of drug-likeness (QED) is 0.205. The Morgan fingerprint density at radius 2 is 1.21 bits per heavy atom. The summed E-state index contributed by atoms with van der Waals surface area (Å²) in [5.41, 5.74) is 4.03. The predicted octanol–water partition coefficient (Wildman–Crippen LogP) is 8.15. The first-order valence-corrected chi connectivity index (χ1v) is 13.9. The van der Waals surface area contributed by atoms with Crippen molar-refractivity contribution >= 4 is 66.6 Å². The van der Waals surface area contributed by atoms with Gasteiger partial charge in [-0.2, -0.15) is 0 Å². The minimum Gasteiger partial charge on any atom is -0.440 e. The molecule has 0 spiro atoms. The van der Waals surface area contributed by atoms with Crippen molar-refractivity contribution in [2.24, 2.45) is 0 Å². The van der Waals surface area contributed by atoms with Crippen LogP contribution in [0.4, 0.5) is 0 Å². The molecule has 6 rings (SSSR count). The van der Waals surface area contributed by atoms with E-state index in [0.29, 0.717) is 17.4 Å². The van der Waals surface area contributed by atoms with Gasteiger partial charge in [0.15, 0.2) is 8.68 Å². The average Bonchev–Trinajstić information content (AvgIpc) is 3.57. The topological polar surface area (TPSA) is 51.8 Å². The normalized spacial score (nSPS) is 11.5. The van der Waals surface area contributed by atoms with E-state index in [1.165, 1.54) is 9.40 Å². The maximum Gasteiger partial charge on any atom is 0.226 e. The third-order valence-corrected chi connectivity index (χ3v) is 9.38. The molecular formula is C25H17N3OS4. The number of nitrogens with zero attached hydrogens (tertiary/aromatic N) is 3. The molecule has 33 heavy (non-hydrogen) atoms. The summed E-state index contributed by atoms with van der Waals surface area (Å²) in [4.78, 5) is 14.4. The fourth-order valence-corrected chi connectivity index (χ4v) is 7.45. The first kappa shape index (κ1) is 20.9. The zero-order chi connectivity index (χ0) is 22.0. The largest absolute Gasteiger partial charge is 0.440 e. The monoisotopic (exact) mass is 503 g/mol. The molecule has 0 saturated heterocycles. The summed E-state index contributed by atoms with van der Waals surface area (Å²) in [6.07, 6.45) is 0. The van der Waals surface area contributed by atoms with Crippen LogP contribution >= 0.6 is 46.2 Å². The van der Waals surface area contributed by atoms with E-state index in [9.17, 15) is 0 Å². The van der Waals surface area contributed by atoms with Crippen molar-refractivity contribution in [2.45, 2.75) is 20.2 Å². The highest BCUT2D eigenvalue weighted by Crippen LogP contribution is 2.36. The van der Waals surface area contributed by atoms with E-state index in [-0.39, 0.29) is 0 Å². The van der Waals surface area contributed by atoms with E-state index < -0.39 is 0 Å². The summed E-state index contributed by atoms with van der Waals surface area (Å²) in [7, 11) is 0. The molecule has 0 unspecified atom stereocenters. The van der Waals surface area contributed by atoms with Gasteiger partial charge >= 0.3 is 0 Å². The summed E-state index contributed by atoms with van der Waals surface area (Å²) < 4.78 is 10.8. The van der Waals surface area contributed by atoms with Crippen molar-refractivity contribution in [3.8, 4) is 11.5 Å². The number of aromatic nitrogens is 3. The molecule has 8 heteroatoms. The third kappa shape index (κ3) is 4.56. The third-order valence-electron chi connectivity index (χ3n) is 5.01. The molecule has 0 radical (unpaired) electrons. The van der Waals surface area contributed by atoms with Crippen LogP contribution < -0.4 is 0 Å². The zero-order valence-electron chi connectivity index (χ0n) is 17.3. The number of hydrogen-bond donors (Lipinski definition) is 0. The van der Waals surface area contributed by atoms with Crippen LogP contribution in [0.25, 0.3) is 31.9 Å². The van der Waals surface area contributed by atoms with Crippen molar-refractivity contribution in [3.63, 3.8) is 0 Å². The average molecular weight is 504 g/mol. The Morgan fingerprint density at radius 1 is 0.636 bits per heavy atom. The van der Waals surface area contributed by atoms with Gasteiger partial charge in [0.05, 0.1) is 31.9 Å². The Balaban J connectivity index is 1.26. The molecule has 6 aromatic rings. The standard InChI is InChI=1S/C25H17N3OS4/c1-2-8-16(9-3-1)23-26-19(14-30-24-27-17-10-4-6-12-21(17)32-24)20(29-23)15-31-25-28-18-11-5-7-13-22(18)33-25/h1-13H,14-15H2. The number of thioether (sulfide) groups is 2. The summed E-state index contributed by atoms with van der Waals surface area (Å²) in [6.45, 7) is 0. The van der Waals surface area contributed by atoms with E-state index in [1.54, 1.807) is 46.2 Å². The number of hydrogen-bond acceptors (Lipinski definition) is 8. The van der Waals surface area contributed by atoms with Crippen LogP contribution in [0.3, 0.4) is 0 Å². The first-order valence-electron chi connectivity index (χ1n) is 10.3. The van der Waals surface area contributed by atoms with Crippen LogP contribution in [0.2, 0.25) is 0 Å². The second-order valence-electron chi connectivity index (χ2n) is 7.23. The minimum atomic E-state index is 0.662. The molecule has 0 saturated carbocycles. The van der Waals surface area contributed by atoms with Gasteiger partial charge in [-0.25, -0.2) is 15.0 Å². The van der Waals surface area contributed by atoms with Crippen LogP contribution in [0, 0.1) is 0 Å². The van der Waals surface area contributed by atoms with Crippen LogP contribution in [0.15, 0.2) is 92.0 Å². The summed E-state index contributed by atoms with van der Waals surface area (Å²) in [5.74, 6) is 2.96. The SMILES string of the molecule is c1ccc(-c2nc(CSc3nc4ccccc4s3)c(CSc3nc4ccccc4s3)o2)cc1.